The van der Waals surface area contributed by atoms with E-state index in [1.54, 1.807) is 0 Å². The van der Waals surface area contributed by atoms with Crippen LogP contribution in [0.15, 0.2) is 42.5 Å². The Morgan fingerprint density at radius 1 is 1.17 bits per heavy atom. The average Bonchev–Trinajstić information content (AvgIpc) is 2.61. The van der Waals surface area contributed by atoms with Gasteiger partial charge in [-0.2, -0.15) is 0 Å². The Labute approximate surface area is 154 Å². The molecule has 0 aromatic heterocycles. The van der Waals surface area contributed by atoms with Gasteiger partial charge in [0.2, 0.25) is 0 Å². The van der Waals surface area contributed by atoms with Crippen LogP contribution in [0, 0.1) is 3.57 Å². The van der Waals surface area contributed by atoms with Gasteiger partial charge in [-0.25, -0.2) is 0 Å². The fourth-order valence-electron chi connectivity index (χ4n) is 2.38. The lowest BCUT2D eigenvalue weighted by Gasteiger charge is -2.21. The summed E-state index contributed by atoms with van der Waals surface area (Å²) < 4.78 is 17.7. The van der Waals surface area contributed by atoms with E-state index in [4.69, 9.17) is 14.2 Å². The molecule has 24 heavy (non-hydrogen) atoms. The molecule has 3 rings (SSSR count). The number of carbonyl (C=O) groups excluding carboxylic acids is 1. The topological polar surface area (TPSA) is 56.8 Å². The number of amides is 1. The van der Waals surface area contributed by atoms with Gasteiger partial charge in [0.15, 0.2) is 18.1 Å². The van der Waals surface area contributed by atoms with Crippen molar-refractivity contribution < 1.29 is 19.0 Å². The van der Waals surface area contributed by atoms with Crippen LogP contribution in [-0.4, -0.2) is 25.7 Å². The first-order valence-corrected chi connectivity index (χ1v) is 8.77. The Kier molecular flexibility index (Phi) is 5.44. The van der Waals surface area contributed by atoms with Crippen LogP contribution in [0.25, 0.3) is 0 Å². The summed E-state index contributed by atoms with van der Waals surface area (Å²) in [6, 6.07) is 13.1. The maximum Gasteiger partial charge on any atom is 0.258 e. The molecular formula is C18H18INO4. The first kappa shape index (κ1) is 16.9. The second kappa shape index (κ2) is 7.74. The molecule has 126 valence electrons. The van der Waals surface area contributed by atoms with Crippen molar-refractivity contribution in [3.8, 4) is 17.2 Å². The van der Waals surface area contributed by atoms with Crippen LogP contribution < -0.4 is 19.5 Å². The number of hydrogen-bond donors (Lipinski definition) is 1. The molecule has 1 atom stereocenters. The Bertz CT molecular complexity index is 717. The number of fused-ring (bicyclic) bond motifs is 1. The van der Waals surface area contributed by atoms with Crippen LogP contribution >= 0.6 is 22.6 Å². The first-order chi connectivity index (χ1) is 11.6. The number of halogens is 1. The van der Waals surface area contributed by atoms with Crippen molar-refractivity contribution in [2.24, 2.45) is 0 Å². The molecule has 0 aliphatic carbocycles. The molecule has 1 aliphatic heterocycles. The van der Waals surface area contributed by atoms with Gasteiger partial charge in [0.25, 0.3) is 5.91 Å². The lowest BCUT2D eigenvalue weighted by atomic mass is 10.1. The minimum absolute atomic E-state index is 0.0184. The zero-order valence-corrected chi connectivity index (χ0v) is 15.4. The number of carbonyl (C=O) groups is 1. The van der Waals surface area contributed by atoms with Crippen LogP contribution in [0.5, 0.6) is 17.2 Å². The van der Waals surface area contributed by atoms with Gasteiger partial charge in [0.05, 0.1) is 6.04 Å². The highest BCUT2D eigenvalue weighted by Gasteiger charge is 2.16. The molecule has 1 heterocycles. The van der Waals surface area contributed by atoms with E-state index in [2.05, 4.69) is 27.9 Å². The second-order valence-electron chi connectivity index (χ2n) is 5.43. The Morgan fingerprint density at radius 2 is 1.88 bits per heavy atom. The fraction of sp³-hybridized carbons (Fsp3) is 0.278. The molecule has 5 nitrogen and oxygen atoms in total. The number of ether oxygens (including phenoxy) is 3. The van der Waals surface area contributed by atoms with E-state index in [1.807, 2.05) is 49.4 Å². The quantitative estimate of drug-likeness (QED) is 0.727. The zero-order valence-electron chi connectivity index (χ0n) is 13.3. The fourth-order valence-corrected chi connectivity index (χ4v) is 2.74. The third kappa shape index (κ3) is 4.31. The summed E-state index contributed by atoms with van der Waals surface area (Å²) >= 11 is 2.22. The number of nitrogens with one attached hydrogen (secondary N) is 1. The SMILES string of the molecule is C[C@@H](NC(=O)COc1ccc(I)cc1)c1ccc2c(c1)OCCO2. The molecule has 0 spiro atoms. The monoisotopic (exact) mass is 439 g/mol. The molecule has 0 radical (unpaired) electrons. The summed E-state index contributed by atoms with van der Waals surface area (Å²) in [6.07, 6.45) is 0. The normalized spacial score (nSPS) is 13.9. The smallest absolute Gasteiger partial charge is 0.258 e. The molecule has 1 amide bonds. The predicted octanol–water partition coefficient (Wildman–Crippen LogP) is 3.32. The number of hydrogen-bond acceptors (Lipinski definition) is 4. The minimum Gasteiger partial charge on any atom is -0.486 e. The van der Waals surface area contributed by atoms with Gasteiger partial charge in [-0.3, -0.25) is 4.79 Å². The van der Waals surface area contributed by atoms with E-state index in [0.717, 1.165) is 20.6 Å². The van der Waals surface area contributed by atoms with Crippen molar-refractivity contribution in [1.29, 1.82) is 0 Å². The predicted molar refractivity (Wildman–Crippen MR) is 98.6 cm³/mol. The lowest BCUT2D eigenvalue weighted by Crippen LogP contribution is -2.31. The molecule has 0 bridgehead atoms. The van der Waals surface area contributed by atoms with Gasteiger partial charge in [0.1, 0.15) is 19.0 Å². The van der Waals surface area contributed by atoms with Gasteiger partial charge < -0.3 is 19.5 Å². The molecule has 0 unspecified atom stereocenters. The Morgan fingerprint density at radius 3 is 2.62 bits per heavy atom. The number of benzene rings is 2. The van der Waals surface area contributed by atoms with Gasteiger partial charge in [-0.15, -0.1) is 0 Å². The summed E-state index contributed by atoms with van der Waals surface area (Å²) in [7, 11) is 0. The van der Waals surface area contributed by atoms with Gasteiger partial charge in [-0.05, 0) is 71.5 Å². The molecule has 2 aromatic rings. The molecule has 1 N–H and O–H groups in total. The largest absolute Gasteiger partial charge is 0.486 e. The third-order valence-corrected chi connectivity index (χ3v) is 4.35. The van der Waals surface area contributed by atoms with Crippen molar-refractivity contribution in [2.75, 3.05) is 19.8 Å². The van der Waals surface area contributed by atoms with Crippen LogP contribution in [0.4, 0.5) is 0 Å². The lowest BCUT2D eigenvalue weighted by molar-refractivity contribution is -0.123. The van der Waals surface area contributed by atoms with E-state index in [0.29, 0.717) is 19.0 Å². The van der Waals surface area contributed by atoms with Gasteiger partial charge >= 0.3 is 0 Å². The number of rotatable bonds is 5. The second-order valence-corrected chi connectivity index (χ2v) is 6.68. The molecule has 1 aliphatic rings. The van der Waals surface area contributed by atoms with Crippen molar-refractivity contribution in [2.45, 2.75) is 13.0 Å². The highest BCUT2D eigenvalue weighted by molar-refractivity contribution is 14.1. The minimum atomic E-state index is -0.170. The average molecular weight is 439 g/mol. The van der Waals surface area contributed by atoms with E-state index in [9.17, 15) is 4.79 Å². The van der Waals surface area contributed by atoms with Crippen molar-refractivity contribution in [3.63, 3.8) is 0 Å². The highest BCUT2D eigenvalue weighted by atomic mass is 127. The highest BCUT2D eigenvalue weighted by Crippen LogP contribution is 2.32. The summed E-state index contributed by atoms with van der Waals surface area (Å²) in [5.41, 5.74) is 0.960. The van der Waals surface area contributed by atoms with Gasteiger partial charge in [-0.1, -0.05) is 6.07 Å². The molecule has 0 saturated heterocycles. The van der Waals surface area contributed by atoms with Crippen LogP contribution in [0.3, 0.4) is 0 Å². The van der Waals surface area contributed by atoms with E-state index < -0.39 is 0 Å². The van der Waals surface area contributed by atoms with E-state index in [1.165, 1.54) is 0 Å². The summed E-state index contributed by atoms with van der Waals surface area (Å²) in [6.45, 7) is 3.01. The Balaban J connectivity index is 1.55. The molecule has 0 fully saturated rings. The summed E-state index contributed by atoms with van der Waals surface area (Å²) in [5.74, 6) is 1.97. The third-order valence-electron chi connectivity index (χ3n) is 3.63. The van der Waals surface area contributed by atoms with Crippen LogP contribution in [-0.2, 0) is 4.79 Å². The van der Waals surface area contributed by atoms with Gasteiger partial charge in [0, 0.05) is 3.57 Å². The zero-order chi connectivity index (χ0) is 16.9. The van der Waals surface area contributed by atoms with Crippen LogP contribution in [0.2, 0.25) is 0 Å². The Hall–Kier alpha value is -1.96. The summed E-state index contributed by atoms with van der Waals surface area (Å²) in [5, 5.41) is 2.92. The molecule has 0 saturated carbocycles. The standard InChI is InChI=1S/C18H18INO4/c1-12(13-2-7-16-17(10-13)23-9-8-22-16)20-18(21)11-24-15-5-3-14(19)4-6-15/h2-7,10,12H,8-9,11H2,1H3,(H,20,21)/t12-/m1/s1. The maximum absolute atomic E-state index is 12.1. The molecule has 2 aromatic carbocycles. The van der Waals surface area contributed by atoms with E-state index >= 15 is 0 Å². The van der Waals surface area contributed by atoms with Crippen molar-refractivity contribution in [1.82, 2.24) is 5.32 Å². The first-order valence-electron chi connectivity index (χ1n) is 7.69. The van der Waals surface area contributed by atoms with Crippen LogP contribution in [0.1, 0.15) is 18.5 Å². The van der Waals surface area contributed by atoms with E-state index in [-0.39, 0.29) is 18.6 Å². The summed E-state index contributed by atoms with van der Waals surface area (Å²) in [4.78, 5) is 12.1. The molecular weight excluding hydrogens is 421 g/mol. The molecule has 6 heteroatoms. The van der Waals surface area contributed by atoms with Crippen molar-refractivity contribution >= 4 is 28.5 Å². The van der Waals surface area contributed by atoms with Crippen molar-refractivity contribution in [3.05, 3.63) is 51.6 Å². The maximum atomic E-state index is 12.1.